The number of aliphatic hydroxyl groups excluding tert-OH is 3. The molecule has 5 heteroatoms. The van der Waals surface area contributed by atoms with Gasteiger partial charge in [0.05, 0.1) is 18.8 Å². The summed E-state index contributed by atoms with van der Waals surface area (Å²) >= 11 is 0. The molecule has 0 fully saturated rings. The van der Waals surface area contributed by atoms with E-state index in [2.05, 4.69) is 55.6 Å². The minimum atomic E-state index is -1.11. The van der Waals surface area contributed by atoms with Crippen molar-refractivity contribution in [3.05, 3.63) is 48.6 Å². The van der Waals surface area contributed by atoms with Crippen molar-refractivity contribution in [3.63, 3.8) is 0 Å². The minimum absolute atomic E-state index is 0.376. The van der Waals surface area contributed by atoms with Crippen LogP contribution in [-0.4, -0.2) is 46.1 Å². The van der Waals surface area contributed by atoms with Crippen molar-refractivity contribution in [2.45, 2.75) is 315 Å². The van der Waals surface area contributed by atoms with Crippen LogP contribution in [0.1, 0.15) is 296 Å². The third kappa shape index (κ3) is 48.2. The third-order valence-electron chi connectivity index (χ3n) is 13.1. The number of carbonyl (C=O) groups excluding carboxylic acids is 1. The second-order valence-corrected chi connectivity index (χ2v) is 19.5. The molecule has 376 valence electrons. The lowest BCUT2D eigenvalue weighted by molar-refractivity contribution is -0.131. The fourth-order valence-electron chi connectivity index (χ4n) is 8.70. The summed E-state index contributed by atoms with van der Waals surface area (Å²) in [6.45, 7) is 4.20. The molecule has 0 aromatic rings. The van der Waals surface area contributed by atoms with Gasteiger partial charge in [0.15, 0.2) is 0 Å². The Morgan fingerprint density at radius 1 is 0.391 bits per heavy atom. The molecule has 0 aromatic carbocycles. The van der Waals surface area contributed by atoms with E-state index >= 15 is 0 Å². The van der Waals surface area contributed by atoms with Crippen molar-refractivity contribution in [3.8, 4) is 0 Å². The number of aliphatic hydroxyl groups is 3. The molecule has 0 aliphatic heterocycles. The molecular formula is C59H111NO4. The number of rotatable bonds is 52. The molecule has 1 amide bonds. The Kier molecular flexibility index (Phi) is 52.5. The van der Waals surface area contributed by atoms with E-state index in [9.17, 15) is 20.1 Å². The van der Waals surface area contributed by atoms with Crippen LogP contribution < -0.4 is 5.32 Å². The first kappa shape index (κ1) is 62.3. The molecule has 0 aliphatic rings. The predicted molar refractivity (Wildman–Crippen MR) is 282 cm³/mol. The van der Waals surface area contributed by atoms with Crippen LogP contribution in [0.3, 0.4) is 0 Å². The normalized spacial score (nSPS) is 13.6. The van der Waals surface area contributed by atoms with Gasteiger partial charge in [0.1, 0.15) is 6.10 Å². The van der Waals surface area contributed by atoms with Crippen molar-refractivity contribution in [2.24, 2.45) is 0 Å². The molecule has 4 N–H and O–H groups in total. The van der Waals surface area contributed by atoms with Crippen molar-refractivity contribution in [2.75, 3.05) is 6.61 Å². The molecule has 64 heavy (non-hydrogen) atoms. The molecule has 0 aliphatic carbocycles. The molecule has 0 rings (SSSR count). The standard InChI is InChI=1S/C59H111NO4/c1-3-5-7-9-11-13-15-17-19-21-23-25-27-28-29-30-31-32-34-36-38-40-42-44-46-48-50-52-54-58(63)59(64)60-56(55-61)57(62)53-51-49-47-45-43-41-39-37-35-33-26-24-22-20-18-16-14-12-10-8-6-4-2/h23,25,28-29,43,45,51,53,56-58,61-63H,3-22,24,26-27,30-42,44,46-50,52,54-55H2,1-2H3,(H,60,64)/b25-23-,29-28-,45-43+,53-51+. The van der Waals surface area contributed by atoms with Crippen LogP contribution in [0.25, 0.3) is 0 Å². The molecule has 0 heterocycles. The number of nitrogens with one attached hydrogen (secondary N) is 1. The molecule has 0 saturated carbocycles. The van der Waals surface area contributed by atoms with Crippen LogP contribution in [0, 0.1) is 0 Å². The van der Waals surface area contributed by atoms with Crippen molar-refractivity contribution < 1.29 is 20.1 Å². The summed E-state index contributed by atoms with van der Waals surface area (Å²) in [5, 5.41) is 33.4. The van der Waals surface area contributed by atoms with Gasteiger partial charge in [0.25, 0.3) is 0 Å². The monoisotopic (exact) mass is 898 g/mol. The summed E-state index contributed by atoms with van der Waals surface area (Å²) in [6, 6.07) is -0.817. The molecule has 5 nitrogen and oxygen atoms in total. The lowest BCUT2D eigenvalue weighted by Crippen LogP contribution is -2.48. The molecular weight excluding hydrogens is 787 g/mol. The largest absolute Gasteiger partial charge is 0.394 e. The summed E-state index contributed by atoms with van der Waals surface area (Å²) in [4.78, 5) is 12.6. The number of allylic oxidation sites excluding steroid dienone is 7. The molecule has 0 spiro atoms. The molecule has 0 aromatic heterocycles. The van der Waals surface area contributed by atoms with Gasteiger partial charge in [-0.05, 0) is 64.2 Å². The highest BCUT2D eigenvalue weighted by molar-refractivity contribution is 5.80. The van der Waals surface area contributed by atoms with Crippen LogP contribution in [0.5, 0.6) is 0 Å². The average Bonchev–Trinajstić information content (AvgIpc) is 3.30. The number of hydrogen-bond acceptors (Lipinski definition) is 4. The van der Waals surface area contributed by atoms with E-state index in [-0.39, 0.29) is 6.61 Å². The molecule has 3 atom stereocenters. The number of amides is 1. The Morgan fingerprint density at radius 3 is 1.05 bits per heavy atom. The molecule has 0 radical (unpaired) electrons. The van der Waals surface area contributed by atoms with Gasteiger partial charge in [-0.25, -0.2) is 0 Å². The van der Waals surface area contributed by atoms with E-state index in [1.165, 1.54) is 231 Å². The Labute approximate surface area is 399 Å². The van der Waals surface area contributed by atoms with Crippen LogP contribution in [0.4, 0.5) is 0 Å². The van der Waals surface area contributed by atoms with Crippen LogP contribution in [0.2, 0.25) is 0 Å². The van der Waals surface area contributed by atoms with E-state index in [1.54, 1.807) is 6.08 Å². The van der Waals surface area contributed by atoms with E-state index in [4.69, 9.17) is 0 Å². The number of unbranched alkanes of at least 4 members (excludes halogenated alkanes) is 38. The van der Waals surface area contributed by atoms with E-state index in [1.807, 2.05) is 6.08 Å². The third-order valence-corrected chi connectivity index (χ3v) is 13.1. The van der Waals surface area contributed by atoms with Crippen molar-refractivity contribution in [1.29, 1.82) is 0 Å². The van der Waals surface area contributed by atoms with Crippen LogP contribution >= 0.6 is 0 Å². The minimum Gasteiger partial charge on any atom is -0.394 e. The van der Waals surface area contributed by atoms with Gasteiger partial charge in [0.2, 0.25) is 5.91 Å². The van der Waals surface area contributed by atoms with E-state index in [0.29, 0.717) is 6.42 Å². The van der Waals surface area contributed by atoms with Crippen molar-refractivity contribution >= 4 is 5.91 Å². The molecule has 0 saturated heterocycles. The predicted octanol–water partition coefficient (Wildman–Crippen LogP) is 17.6. The lowest BCUT2D eigenvalue weighted by atomic mass is 10.0. The summed E-state index contributed by atoms with van der Waals surface area (Å²) < 4.78 is 0. The smallest absolute Gasteiger partial charge is 0.249 e. The van der Waals surface area contributed by atoms with Crippen molar-refractivity contribution in [1.82, 2.24) is 5.32 Å². The Hall–Kier alpha value is -1.69. The van der Waals surface area contributed by atoms with Gasteiger partial charge in [0, 0.05) is 0 Å². The fraction of sp³-hybridized carbons (Fsp3) is 0.847. The maximum Gasteiger partial charge on any atom is 0.249 e. The highest BCUT2D eigenvalue weighted by Gasteiger charge is 2.22. The maximum absolute atomic E-state index is 12.6. The van der Waals surface area contributed by atoms with Gasteiger partial charge in [-0.1, -0.05) is 281 Å². The first-order valence-corrected chi connectivity index (χ1v) is 28.5. The van der Waals surface area contributed by atoms with Gasteiger partial charge in [-0.15, -0.1) is 0 Å². The fourth-order valence-corrected chi connectivity index (χ4v) is 8.70. The summed E-state index contributed by atoms with van der Waals surface area (Å²) in [5.74, 6) is -0.512. The maximum atomic E-state index is 12.6. The SMILES string of the molecule is CCCCCCCCCCC/C=C\C/C=C\CCCCCCCCCCCCCCC(O)C(=O)NC(CO)C(O)/C=C/CC/C=C/CCCCCCCCCCCCCCCCCC. The first-order chi connectivity index (χ1) is 31.6. The Balaban J connectivity index is 3.61. The van der Waals surface area contributed by atoms with Gasteiger partial charge >= 0.3 is 0 Å². The van der Waals surface area contributed by atoms with E-state index < -0.39 is 24.2 Å². The Bertz CT molecular complexity index is 1040. The zero-order valence-corrected chi connectivity index (χ0v) is 42.9. The molecule has 3 unspecified atom stereocenters. The zero-order chi connectivity index (χ0) is 46.5. The quantitative estimate of drug-likeness (QED) is 0.0362. The lowest BCUT2D eigenvalue weighted by Gasteiger charge is -2.21. The van der Waals surface area contributed by atoms with Crippen LogP contribution in [-0.2, 0) is 4.79 Å². The Morgan fingerprint density at radius 2 is 0.688 bits per heavy atom. The number of carbonyl (C=O) groups is 1. The summed E-state index contributed by atoms with van der Waals surface area (Å²) in [7, 11) is 0. The van der Waals surface area contributed by atoms with Gasteiger partial charge < -0.3 is 20.6 Å². The van der Waals surface area contributed by atoms with Gasteiger partial charge in [-0.2, -0.15) is 0 Å². The highest BCUT2D eigenvalue weighted by atomic mass is 16.3. The second-order valence-electron chi connectivity index (χ2n) is 19.5. The topological polar surface area (TPSA) is 89.8 Å². The summed E-state index contributed by atoms with van der Waals surface area (Å²) in [6.07, 6.45) is 71.9. The zero-order valence-electron chi connectivity index (χ0n) is 42.9. The second kappa shape index (κ2) is 53.9. The van der Waals surface area contributed by atoms with E-state index in [0.717, 1.165) is 44.9 Å². The number of hydrogen-bond donors (Lipinski definition) is 4. The highest BCUT2D eigenvalue weighted by Crippen LogP contribution is 2.17. The molecule has 0 bridgehead atoms. The first-order valence-electron chi connectivity index (χ1n) is 28.5. The summed E-state index contributed by atoms with van der Waals surface area (Å²) in [5.41, 5.74) is 0. The average molecular weight is 899 g/mol. The van der Waals surface area contributed by atoms with Gasteiger partial charge in [-0.3, -0.25) is 4.79 Å². The van der Waals surface area contributed by atoms with Crippen LogP contribution in [0.15, 0.2) is 48.6 Å².